The van der Waals surface area contributed by atoms with Crippen molar-refractivity contribution in [3.8, 4) is 0 Å². The minimum atomic E-state index is -2.19. The van der Waals surface area contributed by atoms with Crippen LogP contribution in [0.5, 0.6) is 0 Å². The second kappa shape index (κ2) is 7.15. The van der Waals surface area contributed by atoms with Crippen LogP contribution in [-0.4, -0.2) is 57.3 Å². The summed E-state index contributed by atoms with van der Waals surface area (Å²) in [6.07, 6.45) is -3.99. The van der Waals surface area contributed by atoms with E-state index in [1.165, 1.54) is 0 Å². The van der Waals surface area contributed by atoms with E-state index < -0.39 is 30.3 Å². The number of hydrogen-bond acceptors (Lipinski definition) is 6. The predicted octanol–water partition coefficient (Wildman–Crippen LogP) is -1.50. The highest BCUT2D eigenvalue weighted by atomic mass is 16.5. The Labute approximate surface area is 92.3 Å². The molecule has 7 nitrogen and oxygen atoms in total. The molecule has 0 saturated carbocycles. The third-order valence-electron chi connectivity index (χ3n) is 1.80. The molecule has 4 N–H and O–H groups in total. The fourth-order valence-electron chi connectivity index (χ4n) is 0.901. The summed E-state index contributed by atoms with van der Waals surface area (Å²) in [7, 11) is 0. The molecule has 0 heterocycles. The average Bonchev–Trinajstić information content (AvgIpc) is 2.21. The van der Waals surface area contributed by atoms with Gasteiger partial charge in [0.05, 0.1) is 12.7 Å². The first-order valence-corrected chi connectivity index (χ1v) is 4.80. The molecule has 16 heavy (non-hydrogen) atoms. The molecule has 0 aromatic carbocycles. The third kappa shape index (κ3) is 5.64. The van der Waals surface area contributed by atoms with Crippen LogP contribution in [0.15, 0.2) is 0 Å². The van der Waals surface area contributed by atoms with Gasteiger partial charge in [-0.3, -0.25) is 0 Å². The lowest BCUT2D eigenvalue weighted by molar-refractivity contribution is -0.169. The number of hydrogen-bond donors (Lipinski definition) is 4. The van der Waals surface area contributed by atoms with Gasteiger partial charge in [-0.15, -0.1) is 0 Å². The summed E-state index contributed by atoms with van der Waals surface area (Å²) >= 11 is 0. The number of rotatable bonds is 7. The van der Waals surface area contributed by atoms with Gasteiger partial charge in [0.15, 0.2) is 12.2 Å². The van der Waals surface area contributed by atoms with E-state index >= 15 is 0 Å². The number of aliphatic hydroxyl groups is 3. The summed E-state index contributed by atoms with van der Waals surface area (Å²) in [6, 6.07) is 0. The van der Waals surface area contributed by atoms with Crippen LogP contribution in [0, 0.1) is 0 Å². The molecule has 3 atom stereocenters. The molecule has 0 rings (SSSR count). The van der Waals surface area contributed by atoms with Crippen molar-refractivity contribution in [1.82, 2.24) is 0 Å². The molecule has 0 spiro atoms. The molecule has 94 valence electrons. The summed E-state index contributed by atoms with van der Waals surface area (Å²) in [5.74, 6) is -2.89. The summed E-state index contributed by atoms with van der Waals surface area (Å²) in [4.78, 5) is 21.2. The third-order valence-corrected chi connectivity index (χ3v) is 1.80. The standard InChI is InChI=1S/C9H16O7/c1-5(10)3-2-4-16-9(15)7(12)6(11)8(13)14/h5-7,10-12H,2-4H2,1H3,(H,13,14). The zero-order chi connectivity index (χ0) is 12.7. The van der Waals surface area contributed by atoms with Crippen molar-refractivity contribution in [2.24, 2.45) is 0 Å². The fourth-order valence-corrected chi connectivity index (χ4v) is 0.901. The van der Waals surface area contributed by atoms with Gasteiger partial charge in [0.1, 0.15) is 0 Å². The maximum absolute atomic E-state index is 11.0. The van der Waals surface area contributed by atoms with Gasteiger partial charge in [0, 0.05) is 0 Å². The first-order valence-electron chi connectivity index (χ1n) is 4.80. The number of esters is 1. The van der Waals surface area contributed by atoms with Crippen LogP contribution in [0.2, 0.25) is 0 Å². The highest BCUT2D eigenvalue weighted by Crippen LogP contribution is 2.00. The Kier molecular flexibility index (Phi) is 6.63. The summed E-state index contributed by atoms with van der Waals surface area (Å²) in [5.41, 5.74) is 0. The zero-order valence-corrected chi connectivity index (χ0v) is 8.87. The minimum absolute atomic E-state index is 0.0485. The Morgan fingerprint density at radius 2 is 1.75 bits per heavy atom. The second-order valence-corrected chi connectivity index (χ2v) is 3.39. The summed E-state index contributed by atoms with van der Waals surface area (Å²) in [6.45, 7) is 1.53. The minimum Gasteiger partial charge on any atom is -0.479 e. The molecular weight excluding hydrogens is 220 g/mol. The highest BCUT2D eigenvalue weighted by molar-refractivity contribution is 5.84. The van der Waals surface area contributed by atoms with Crippen molar-refractivity contribution in [2.75, 3.05) is 6.61 Å². The average molecular weight is 236 g/mol. The SMILES string of the molecule is CC(O)CCCOC(=O)C(O)C(O)C(=O)O. The summed E-state index contributed by atoms with van der Waals surface area (Å²) < 4.78 is 4.50. The van der Waals surface area contributed by atoms with E-state index in [2.05, 4.69) is 4.74 Å². The van der Waals surface area contributed by atoms with Crippen molar-refractivity contribution < 1.29 is 34.8 Å². The molecule has 7 heteroatoms. The van der Waals surface area contributed by atoms with Crippen molar-refractivity contribution >= 4 is 11.9 Å². The van der Waals surface area contributed by atoms with Gasteiger partial charge in [-0.2, -0.15) is 0 Å². The van der Waals surface area contributed by atoms with E-state index in [0.717, 1.165) is 0 Å². The molecule has 0 fully saturated rings. The normalized spacial score (nSPS) is 16.2. The summed E-state index contributed by atoms with van der Waals surface area (Å²) in [5, 5.41) is 35.0. The molecule has 0 saturated heterocycles. The van der Waals surface area contributed by atoms with E-state index in [1.807, 2.05) is 0 Å². The van der Waals surface area contributed by atoms with Gasteiger partial charge in [-0.05, 0) is 19.8 Å². The Hall–Kier alpha value is -1.18. The Balaban J connectivity index is 3.84. The molecule has 0 bridgehead atoms. The molecular formula is C9H16O7. The van der Waals surface area contributed by atoms with Crippen molar-refractivity contribution in [3.63, 3.8) is 0 Å². The fraction of sp³-hybridized carbons (Fsp3) is 0.778. The van der Waals surface area contributed by atoms with Crippen molar-refractivity contribution in [2.45, 2.75) is 38.1 Å². The second-order valence-electron chi connectivity index (χ2n) is 3.39. The monoisotopic (exact) mass is 236 g/mol. The lowest BCUT2D eigenvalue weighted by Gasteiger charge is -2.13. The topological polar surface area (TPSA) is 124 Å². The van der Waals surface area contributed by atoms with Gasteiger partial charge in [-0.1, -0.05) is 0 Å². The first-order chi connectivity index (χ1) is 7.36. The van der Waals surface area contributed by atoms with Crippen LogP contribution in [0.1, 0.15) is 19.8 Å². The smallest absolute Gasteiger partial charge is 0.338 e. The number of ether oxygens (including phenoxy) is 1. The quantitative estimate of drug-likeness (QED) is 0.313. The van der Waals surface area contributed by atoms with E-state index in [4.69, 9.17) is 20.4 Å². The van der Waals surface area contributed by atoms with Crippen LogP contribution in [0.25, 0.3) is 0 Å². The van der Waals surface area contributed by atoms with Gasteiger partial charge in [0.2, 0.25) is 0 Å². The van der Waals surface area contributed by atoms with E-state index in [0.29, 0.717) is 12.8 Å². The van der Waals surface area contributed by atoms with Crippen molar-refractivity contribution in [3.05, 3.63) is 0 Å². The molecule has 0 aliphatic rings. The van der Waals surface area contributed by atoms with Gasteiger partial charge >= 0.3 is 11.9 Å². The van der Waals surface area contributed by atoms with Crippen LogP contribution >= 0.6 is 0 Å². The number of carbonyl (C=O) groups excluding carboxylic acids is 1. The molecule has 0 aliphatic heterocycles. The van der Waals surface area contributed by atoms with Crippen LogP contribution in [0.3, 0.4) is 0 Å². The number of carboxylic acid groups (broad SMARTS) is 1. The molecule has 0 aliphatic carbocycles. The van der Waals surface area contributed by atoms with Crippen LogP contribution < -0.4 is 0 Å². The Morgan fingerprint density at radius 3 is 2.19 bits per heavy atom. The largest absolute Gasteiger partial charge is 0.479 e. The number of carboxylic acids is 1. The molecule has 3 unspecified atom stereocenters. The lowest BCUT2D eigenvalue weighted by atomic mass is 10.2. The number of carbonyl (C=O) groups is 2. The first kappa shape index (κ1) is 14.8. The van der Waals surface area contributed by atoms with Gasteiger partial charge < -0.3 is 25.2 Å². The number of aliphatic hydroxyl groups excluding tert-OH is 3. The maximum atomic E-state index is 11.0. The lowest BCUT2D eigenvalue weighted by Crippen LogP contribution is -2.40. The van der Waals surface area contributed by atoms with Gasteiger partial charge in [0.25, 0.3) is 0 Å². The van der Waals surface area contributed by atoms with E-state index in [1.54, 1.807) is 6.92 Å². The molecule has 0 aromatic rings. The molecule has 0 aromatic heterocycles. The zero-order valence-electron chi connectivity index (χ0n) is 8.87. The van der Waals surface area contributed by atoms with Crippen LogP contribution in [-0.2, 0) is 14.3 Å². The van der Waals surface area contributed by atoms with E-state index in [9.17, 15) is 9.59 Å². The van der Waals surface area contributed by atoms with Crippen molar-refractivity contribution in [1.29, 1.82) is 0 Å². The predicted molar refractivity (Wildman–Crippen MR) is 51.5 cm³/mol. The Morgan fingerprint density at radius 1 is 1.19 bits per heavy atom. The van der Waals surface area contributed by atoms with E-state index in [-0.39, 0.29) is 6.61 Å². The Bertz CT molecular complexity index is 238. The maximum Gasteiger partial charge on any atom is 0.338 e. The molecule has 0 amide bonds. The van der Waals surface area contributed by atoms with Crippen LogP contribution in [0.4, 0.5) is 0 Å². The molecule has 0 radical (unpaired) electrons. The highest BCUT2D eigenvalue weighted by Gasteiger charge is 2.31. The number of aliphatic carboxylic acids is 1. The van der Waals surface area contributed by atoms with Gasteiger partial charge in [-0.25, -0.2) is 9.59 Å².